The van der Waals surface area contributed by atoms with E-state index in [2.05, 4.69) is 75.8 Å². The summed E-state index contributed by atoms with van der Waals surface area (Å²) in [5.41, 5.74) is 4.64. The SMILES string of the molecule is C=C[C@@H]1CC[C@]2(C(=O)NCCc3ccccn3)CC[C@]3(C)[C@H](CC[C@@H]4[C@@]5(C)CC=C(c6ccc(C(=O)OC)cc6)C(C)(C)[C@@H]5CC[C@]43C)[C@@H]12. The summed E-state index contributed by atoms with van der Waals surface area (Å²) in [6.07, 6.45) is 17.6. The number of methoxy groups -OCH3 is 1. The monoisotopic (exact) mass is 662 g/mol. The van der Waals surface area contributed by atoms with Crippen molar-refractivity contribution in [1.82, 2.24) is 10.3 Å². The fourth-order valence-electron chi connectivity index (χ4n) is 13.3. The number of hydrogen-bond acceptors (Lipinski definition) is 4. The Bertz CT molecular complexity index is 1630. The van der Waals surface area contributed by atoms with Gasteiger partial charge in [0.25, 0.3) is 0 Å². The highest BCUT2D eigenvalue weighted by atomic mass is 16.5. The summed E-state index contributed by atoms with van der Waals surface area (Å²) in [6, 6.07) is 14.1. The molecular weight excluding hydrogens is 604 g/mol. The molecule has 1 aromatic heterocycles. The van der Waals surface area contributed by atoms with E-state index in [4.69, 9.17) is 4.74 Å². The smallest absolute Gasteiger partial charge is 0.337 e. The summed E-state index contributed by atoms with van der Waals surface area (Å²) in [4.78, 5) is 30.9. The number of allylic oxidation sites excluding steroid dienone is 3. The van der Waals surface area contributed by atoms with Crippen molar-refractivity contribution in [2.45, 2.75) is 98.8 Å². The molecule has 7 rings (SSSR count). The molecule has 4 fully saturated rings. The highest BCUT2D eigenvalue weighted by Gasteiger charge is 2.71. The molecule has 9 atom stereocenters. The van der Waals surface area contributed by atoms with Crippen molar-refractivity contribution in [2.75, 3.05) is 13.7 Å². The van der Waals surface area contributed by atoms with Crippen molar-refractivity contribution in [3.8, 4) is 0 Å². The molecular formula is C44H58N2O3. The Labute approximate surface area is 294 Å². The molecule has 2 aromatic rings. The first-order valence-corrected chi connectivity index (χ1v) is 19.1. The lowest BCUT2D eigenvalue weighted by Gasteiger charge is -2.72. The van der Waals surface area contributed by atoms with Gasteiger partial charge in [0, 0.05) is 24.9 Å². The van der Waals surface area contributed by atoms with E-state index >= 15 is 0 Å². The van der Waals surface area contributed by atoms with Gasteiger partial charge < -0.3 is 10.1 Å². The van der Waals surface area contributed by atoms with E-state index in [1.807, 2.05) is 36.5 Å². The number of fused-ring (bicyclic) bond motifs is 7. The molecule has 262 valence electrons. The van der Waals surface area contributed by atoms with Gasteiger partial charge in [-0.15, -0.1) is 6.58 Å². The number of carbonyl (C=O) groups is 2. The Morgan fingerprint density at radius 3 is 2.39 bits per heavy atom. The largest absolute Gasteiger partial charge is 0.465 e. The topological polar surface area (TPSA) is 68.3 Å². The van der Waals surface area contributed by atoms with Crippen LogP contribution in [0.15, 0.2) is 67.4 Å². The van der Waals surface area contributed by atoms with E-state index < -0.39 is 0 Å². The fourth-order valence-corrected chi connectivity index (χ4v) is 13.3. The number of aromatic nitrogens is 1. The predicted octanol–water partition coefficient (Wildman–Crippen LogP) is 9.49. The quantitative estimate of drug-likeness (QED) is 0.237. The lowest BCUT2D eigenvalue weighted by atomic mass is 9.32. The average molecular weight is 663 g/mol. The molecule has 5 aliphatic carbocycles. The third-order valence-corrected chi connectivity index (χ3v) is 15.8. The molecule has 1 aromatic carbocycles. The number of benzene rings is 1. The maximum absolute atomic E-state index is 14.3. The van der Waals surface area contributed by atoms with E-state index in [1.165, 1.54) is 43.9 Å². The second-order valence-electron chi connectivity index (χ2n) is 17.7. The van der Waals surface area contributed by atoms with Crippen LogP contribution in [0.1, 0.15) is 114 Å². The molecule has 0 spiro atoms. The minimum absolute atomic E-state index is 0.0212. The number of carbonyl (C=O) groups excluding carboxylic acids is 2. The molecule has 0 bridgehead atoms. The summed E-state index contributed by atoms with van der Waals surface area (Å²) in [6.45, 7) is 17.9. The Hall–Kier alpha value is -3.21. The molecule has 5 heteroatoms. The van der Waals surface area contributed by atoms with Gasteiger partial charge in [-0.3, -0.25) is 9.78 Å². The fraction of sp³-hybridized carbons (Fsp3) is 0.614. The van der Waals surface area contributed by atoms with Gasteiger partial charge in [-0.1, -0.05) is 65.0 Å². The molecule has 4 saturated carbocycles. The molecule has 1 heterocycles. The molecule has 5 nitrogen and oxygen atoms in total. The van der Waals surface area contributed by atoms with Crippen molar-refractivity contribution >= 4 is 17.4 Å². The van der Waals surface area contributed by atoms with Crippen LogP contribution in [0.25, 0.3) is 5.57 Å². The van der Waals surface area contributed by atoms with Crippen LogP contribution in [0.4, 0.5) is 0 Å². The number of esters is 1. The van der Waals surface area contributed by atoms with Crippen molar-refractivity contribution < 1.29 is 14.3 Å². The van der Waals surface area contributed by atoms with Crippen molar-refractivity contribution in [2.24, 2.45) is 56.7 Å². The predicted molar refractivity (Wildman–Crippen MR) is 196 cm³/mol. The average Bonchev–Trinajstić information content (AvgIpc) is 3.48. The van der Waals surface area contributed by atoms with E-state index in [9.17, 15) is 9.59 Å². The van der Waals surface area contributed by atoms with Gasteiger partial charge in [-0.25, -0.2) is 4.79 Å². The second kappa shape index (κ2) is 12.2. The molecule has 0 radical (unpaired) electrons. The van der Waals surface area contributed by atoms with Crippen molar-refractivity contribution in [1.29, 1.82) is 0 Å². The van der Waals surface area contributed by atoms with Gasteiger partial charge in [0.15, 0.2) is 0 Å². The molecule has 1 amide bonds. The zero-order chi connectivity index (χ0) is 34.8. The molecule has 0 unspecified atom stereocenters. The first kappa shape index (κ1) is 34.2. The zero-order valence-corrected chi connectivity index (χ0v) is 30.8. The van der Waals surface area contributed by atoms with Gasteiger partial charge in [0.1, 0.15) is 0 Å². The Balaban J connectivity index is 1.16. The van der Waals surface area contributed by atoms with Crippen LogP contribution in [-0.2, 0) is 16.0 Å². The third-order valence-electron chi connectivity index (χ3n) is 15.8. The molecule has 0 aliphatic heterocycles. The highest BCUT2D eigenvalue weighted by Crippen LogP contribution is 2.77. The number of rotatable bonds is 7. The van der Waals surface area contributed by atoms with Crippen LogP contribution >= 0.6 is 0 Å². The lowest BCUT2D eigenvalue weighted by molar-refractivity contribution is -0.224. The maximum Gasteiger partial charge on any atom is 0.337 e. The number of ether oxygens (including phenoxy) is 1. The van der Waals surface area contributed by atoms with Gasteiger partial charge in [-0.2, -0.15) is 0 Å². The highest BCUT2D eigenvalue weighted by molar-refractivity contribution is 5.90. The van der Waals surface area contributed by atoms with E-state index in [-0.39, 0.29) is 39.0 Å². The number of pyridine rings is 1. The van der Waals surface area contributed by atoms with Gasteiger partial charge in [0.05, 0.1) is 18.1 Å². The van der Waals surface area contributed by atoms with Crippen LogP contribution in [-0.4, -0.2) is 30.5 Å². The summed E-state index contributed by atoms with van der Waals surface area (Å²) in [5.74, 6) is 2.53. The van der Waals surface area contributed by atoms with Gasteiger partial charge >= 0.3 is 5.97 Å². The number of hydrogen-bond donors (Lipinski definition) is 1. The molecule has 5 aliphatic rings. The summed E-state index contributed by atoms with van der Waals surface area (Å²) < 4.78 is 4.95. The molecule has 49 heavy (non-hydrogen) atoms. The lowest BCUT2D eigenvalue weighted by Crippen LogP contribution is -2.66. The standard InChI is InChI=1S/C44H58N2O3/c1-8-29-18-24-44(39(48)46-28-21-32-11-9-10-27-45-32)26-25-42(5)34(37(29)44)16-17-36-41(4)22-19-33(30-12-14-31(15-13-30)38(47)49-7)40(2,3)35(41)20-23-43(36,42)6/h8-15,19,27,29,34-37H,1,16-18,20-26,28H2,2-7H3,(H,46,48)/t29-,34-,35+,36-,37-,41+,42-,43-,44+/m1/s1. The third kappa shape index (κ3) is 5.02. The summed E-state index contributed by atoms with van der Waals surface area (Å²) in [5, 5.41) is 3.42. The second-order valence-corrected chi connectivity index (χ2v) is 17.7. The number of nitrogens with one attached hydrogen (secondary N) is 1. The van der Waals surface area contributed by atoms with Crippen LogP contribution in [0, 0.1) is 56.7 Å². The normalized spacial score (nSPS) is 38.9. The van der Waals surface area contributed by atoms with E-state index in [0.717, 1.165) is 44.2 Å². The zero-order valence-electron chi connectivity index (χ0n) is 30.8. The number of nitrogens with zero attached hydrogens (tertiary/aromatic N) is 1. The first-order chi connectivity index (χ1) is 23.4. The van der Waals surface area contributed by atoms with Crippen LogP contribution in [0.5, 0.6) is 0 Å². The maximum atomic E-state index is 14.3. The Kier molecular flexibility index (Phi) is 8.55. The minimum atomic E-state index is -0.287. The first-order valence-electron chi connectivity index (χ1n) is 19.1. The van der Waals surface area contributed by atoms with Crippen LogP contribution in [0.2, 0.25) is 0 Å². The van der Waals surface area contributed by atoms with Crippen molar-refractivity contribution in [3.05, 3.63) is 84.2 Å². The summed E-state index contributed by atoms with van der Waals surface area (Å²) in [7, 11) is 1.44. The molecule has 1 N–H and O–H groups in total. The van der Waals surface area contributed by atoms with E-state index in [0.29, 0.717) is 41.7 Å². The van der Waals surface area contributed by atoms with E-state index in [1.54, 1.807) is 0 Å². The minimum Gasteiger partial charge on any atom is -0.465 e. The Morgan fingerprint density at radius 1 is 0.918 bits per heavy atom. The Morgan fingerprint density at radius 2 is 1.69 bits per heavy atom. The molecule has 0 saturated heterocycles. The van der Waals surface area contributed by atoms with Gasteiger partial charge in [-0.05, 0) is 144 Å². The van der Waals surface area contributed by atoms with Crippen LogP contribution in [0.3, 0.4) is 0 Å². The summed E-state index contributed by atoms with van der Waals surface area (Å²) >= 11 is 0. The van der Waals surface area contributed by atoms with Crippen molar-refractivity contribution in [3.63, 3.8) is 0 Å². The van der Waals surface area contributed by atoms with Gasteiger partial charge in [0.2, 0.25) is 5.91 Å². The number of amides is 1. The van der Waals surface area contributed by atoms with Crippen LogP contribution < -0.4 is 5.32 Å².